The Morgan fingerprint density at radius 3 is 2.79 bits per heavy atom. The summed E-state index contributed by atoms with van der Waals surface area (Å²) in [7, 11) is 1.58. The number of nitrogens with one attached hydrogen (secondary N) is 2. The van der Waals surface area contributed by atoms with Gasteiger partial charge in [-0.2, -0.15) is 5.10 Å². The van der Waals surface area contributed by atoms with Gasteiger partial charge in [0.1, 0.15) is 23.6 Å². The van der Waals surface area contributed by atoms with Gasteiger partial charge in [0.2, 0.25) is 0 Å². The second-order valence-corrected chi connectivity index (χ2v) is 5.91. The molecule has 1 amide bonds. The molecule has 0 aliphatic heterocycles. The topological polar surface area (TPSA) is 103 Å². The minimum atomic E-state index is -0.208. The van der Waals surface area contributed by atoms with Crippen LogP contribution in [0.1, 0.15) is 5.69 Å². The van der Waals surface area contributed by atoms with Crippen LogP contribution in [0.25, 0.3) is 5.82 Å². The van der Waals surface area contributed by atoms with Crippen LogP contribution in [0, 0.1) is 6.92 Å². The predicted molar refractivity (Wildman–Crippen MR) is 104 cm³/mol. The third-order valence-electron chi connectivity index (χ3n) is 3.77. The van der Waals surface area contributed by atoms with E-state index >= 15 is 0 Å². The maximum absolute atomic E-state index is 11.9. The second-order valence-electron chi connectivity index (χ2n) is 5.91. The standard InChI is InChI=1S/C19H22N6O3/c1-14-6-9-25(24-14)18-11-17(22-13-23-18)20-7-8-21-19(26)12-28-16-5-3-4-15(10-16)27-2/h3-6,9-11,13H,7-8,12H2,1-2H3,(H,21,26)(H,20,22,23). The molecule has 0 bridgehead atoms. The first kappa shape index (κ1) is 19.2. The number of rotatable bonds is 9. The Kier molecular flexibility index (Phi) is 6.40. The van der Waals surface area contributed by atoms with Crippen molar-refractivity contribution in [2.75, 3.05) is 32.1 Å². The Morgan fingerprint density at radius 2 is 2.00 bits per heavy atom. The van der Waals surface area contributed by atoms with Crippen molar-refractivity contribution >= 4 is 11.7 Å². The first-order chi connectivity index (χ1) is 13.6. The van der Waals surface area contributed by atoms with Crippen molar-refractivity contribution in [1.82, 2.24) is 25.1 Å². The fraction of sp³-hybridized carbons (Fsp3) is 0.263. The van der Waals surface area contributed by atoms with E-state index < -0.39 is 0 Å². The van der Waals surface area contributed by atoms with Crippen LogP contribution in [0.2, 0.25) is 0 Å². The molecule has 0 saturated carbocycles. The van der Waals surface area contributed by atoms with Crippen molar-refractivity contribution in [3.63, 3.8) is 0 Å². The van der Waals surface area contributed by atoms with Crippen LogP contribution < -0.4 is 20.1 Å². The molecule has 2 aromatic heterocycles. The van der Waals surface area contributed by atoms with Gasteiger partial charge in [-0.25, -0.2) is 14.6 Å². The van der Waals surface area contributed by atoms with Crippen LogP contribution >= 0.6 is 0 Å². The van der Waals surface area contributed by atoms with Crippen LogP contribution in [0.3, 0.4) is 0 Å². The van der Waals surface area contributed by atoms with E-state index in [1.165, 1.54) is 6.33 Å². The number of hydrogen-bond donors (Lipinski definition) is 2. The van der Waals surface area contributed by atoms with Gasteiger partial charge in [-0.05, 0) is 25.1 Å². The lowest BCUT2D eigenvalue weighted by molar-refractivity contribution is -0.123. The zero-order valence-corrected chi connectivity index (χ0v) is 15.8. The Labute approximate surface area is 162 Å². The van der Waals surface area contributed by atoms with E-state index in [-0.39, 0.29) is 12.5 Å². The summed E-state index contributed by atoms with van der Waals surface area (Å²) in [4.78, 5) is 20.3. The van der Waals surface area contributed by atoms with Crippen molar-refractivity contribution in [3.05, 3.63) is 54.6 Å². The van der Waals surface area contributed by atoms with Crippen LogP contribution in [0.5, 0.6) is 11.5 Å². The number of ether oxygens (including phenoxy) is 2. The Hall–Kier alpha value is -3.62. The molecule has 0 fully saturated rings. The van der Waals surface area contributed by atoms with Gasteiger partial charge in [0.15, 0.2) is 12.4 Å². The Balaban J connectivity index is 1.40. The van der Waals surface area contributed by atoms with Gasteiger partial charge in [-0.15, -0.1) is 0 Å². The normalized spacial score (nSPS) is 10.4. The zero-order chi connectivity index (χ0) is 19.8. The maximum Gasteiger partial charge on any atom is 0.258 e. The SMILES string of the molecule is COc1cccc(OCC(=O)NCCNc2cc(-n3ccc(C)n3)ncn2)c1. The van der Waals surface area contributed by atoms with E-state index in [0.717, 1.165) is 5.69 Å². The van der Waals surface area contributed by atoms with Crippen molar-refractivity contribution in [1.29, 1.82) is 0 Å². The maximum atomic E-state index is 11.9. The van der Waals surface area contributed by atoms with E-state index in [2.05, 4.69) is 25.7 Å². The molecule has 1 aromatic carbocycles. The molecule has 2 N–H and O–H groups in total. The summed E-state index contributed by atoms with van der Waals surface area (Å²) < 4.78 is 12.2. The molecule has 0 aliphatic carbocycles. The quantitative estimate of drug-likeness (QED) is 0.542. The molecule has 9 nitrogen and oxygen atoms in total. The molecule has 0 atom stereocenters. The van der Waals surface area contributed by atoms with Gasteiger partial charge >= 0.3 is 0 Å². The van der Waals surface area contributed by atoms with Crippen molar-refractivity contribution < 1.29 is 14.3 Å². The number of anilines is 1. The largest absolute Gasteiger partial charge is 0.497 e. The van der Waals surface area contributed by atoms with Crippen LogP contribution in [0.15, 0.2) is 48.9 Å². The molecule has 28 heavy (non-hydrogen) atoms. The van der Waals surface area contributed by atoms with Gasteiger partial charge < -0.3 is 20.1 Å². The molecule has 0 unspecified atom stereocenters. The second kappa shape index (κ2) is 9.36. The minimum absolute atomic E-state index is 0.0660. The van der Waals surface area contributed by atoms with Crippen LogP contribution in [-0.2, 0) is 4.79 Å². The number of benzene rings is 1. The monoisotopic (exact) mass is 382 g/mol. The van der Waals surface area contributed by atoms with Gasteiger partial charge in [0.25, 0.3) is 5.91 Å². The highest BCUT2D eigenvalue weighted by atomic mass is 16.5. The number of amides is 1. The number of aryl methyl sites for hydroxylation is 1. The minimum Gasteiger partial charge on any atom is -0.497 e. The van der Waals surface area contributed by atoms with E-state index in [4.69, 9.17) is 9.47 Å². The lowest BCUT2D eigenvalue weighted by atomic mass is 10.3. The van der Waals surface area contributed by atoms with E-state index in [0.29, 0.717) is 36.2 Å². The molecule has 146 valence electrons. The number of hydrogen-bond acceptors (Lipinski definition) is 7. The average Bonchev–Trinajstić information content (AvgIpc) is 3.16. The summed E-state index contributed by atoms with van der Waals surface area (Å²) in [5.41, 5.74) is 0.909. The molecule has 0 aliphatic rings. The molecule has 2 heterocycles. The number of carbonyl (C=O) groups is 1. The molecule has 0 spiro atoms. The third kappa shape index (κ3) is 5.44. The van der Waals surface area contributed by atoms with E-state index in [1.54, 1.807) is 36.1 Å². The summed E-state index contributed by atoms with van der Waals surface area (Å²) in [6.45, 7) is 2.79. The smallest absolute Gasteiger partial charge is 0.258 e. The highest BCUT2D eigenvalue weighted by Gasteiger charge is 2.05. The zero-order valence-electron chi connectivity index (χ0n) is 15.8. The third-order valence-corrected chi connectivity index (χ3v) is 3.77. The first-order valence-electron chi connectivity index (χ1n) is 8.76. The molecule has 0 radical (unpaired) electrons. The van der Waals surface area contributed by atoms with Gasteiger partial charge in [0.05, 0.1) is 12.8 Å². The van der Waals surface area contributed by atoms with Crippen molar-refractivity contribution in [2.24, 2.45) is 0 Å². The molecule has 9 heteroatoms. The van der Waals surface area contributed by atoms with Crippen molar-refractivity contribution in [3.8, 4) is 17.3 Å². The van der Waals surface area contributed by atoms with Crippen LogP contribution in [-0.4, -0.2) is 52.5 Å². The van der Waals surface area contributed by atoms with Crippen molar-refractivity contribution in [2.45, 2.75) is 6.92 Å². The fourth-order valence-corrected chi connectivity index (χ4v) is 2.40. The number of methoxy groups -OCH3 is 1. The number of nitrogens with zero attached hydrogens (tertiary/aromatic N) is 4. The lowest BCUT2D eigenvalue weighted by Crippen LogP contribution is -2.32. The fourth-order valence-electron chi connectivity index (χ4n) is 2.40. The molecule has 0 saturated heterocycles. The van der Waals surface area contributed by atoms with Gasteiger partial charge in [-0.3, -0.25) is 4.79 Å². The summed E-state index contributed by atoms with van der Waals surface area (Å²) in [5, 5.41) is 10.2. The average molecular weight is 382 g/mol. The van der Waals surface area contributed by atoms with Gasteiger partial charge in [0, 0.05) is 31.4 Å². The molecular formula is C19H22N6O3. The summed E-state index contributed by atoms with van der Waals surface area (Å²) in [6, 6.07) is 10.8. The highest BCUT2D eigenvalue weighted by molar-refractivity contribution is 5.77. The van der Waals surface area contributed by atoms with E-state index in [1.807, 2.05) is 25.3 Å². The summed E-state index contributed by atoms with van der Waals surface area (Å²) in [5.74, 6) is 2.37. The molecule has 3 rings (SSSR count). The van der Waals surface area contributed by atoms with E-state index in [9.17, 15) is 4.79 Å². The Morgan fingerprint density at radius 1 is 1.14 bits per heavy atom. The Bertz CT molecular complexity index is 927. The predicted octanol–water partition coefficient (Wildman–Crippen LogP) is 1.59. The molecular weight excluding hydrogens is 360 g/mol. The number of aromatic nitrogens is 4. The lowest BCUT2D eigenvalue weighted by Gasteiger charge is -2.10. The van der Waals surface area contributed by atoms with Gasteiger partial charge in [-0.1, -0.05) is 6.07 Å². The molecule has 3 aromatic rings. The summed E-state index contributed by atoms with van der Waals surface area (Å²) >= 11 is 0. The van der Waals surface area contributed by atoms with Crippen LogP contribution in [0.4, 0.5) is 5.82 Å². The number of carbonyl (C=O) groups excluding carboxylic acids is 1. The summed E-state index contributed by atoms with van der Waals surface area (Å²) in [6.07, 6.45) is 3.30. The highest BCUT2D eigenvalue weighted by Crippen LogP contribution is 2.18. The first-order valence-corrected chi connectivity index (χ1v) is 8.76.